The molecule has 2 aromatic rings. The number of hydrogen-bond acceptors (Lipinski definition) is 3. The average Bonchev–Trinajstić information content (AvgIpc) is 2.46. The maximum absolute atomic E-state index is 11.0. The predicted octanol–water partition coefficient (Wildman–Crippen LogP) is 3.35. The maximum Gasteiger partial charge on any atom is 0.337 e. The van der Waals surface area contributed by atoms with Crippen LogP contribution in [-0.4, -0.2) is 22.2 Å². The van der Waals surface area contributed by atoms with Crippen molar-refractivity contribution >= 4 is 29.2 Å². The Labute approximate surface area is 125 Å². The predicted molar refractivity (Wildman–Crippen MR) is 79.1 cm³/mol. The zero-order valence-electron chi connectivity index (χ0n) is 10.8. The van der Waals surface area contributed by atoms with Crippen molar-refractivity contribution in [2.45, 2.75) is 6.54 Å². The van der Waals surface area contributed by atoms with Crippen molar-refractivity contribution in [1.29, 1.82) is 0 Å². The van der Waals surface area contributed by atoms with E-state index in [-0.39, 0.29) is 16.1 Å². The molecule has 0 amide bonds. The van der Waals surface area contributed by atoms with Gasteiger partial charge in [-0.15, -0.1) is 0 Å². The third-order valence-corrected chi connectivity index (χ3v) is 3.22. The Morgan fingerprint density at radius 3 is 2.24 bits per heavy atom. The minimum Gasteiger partial charge on any atom is -0.478 e. The topological polar surface area (TPSA) is 86.6 Å². The first-order valence-corrected chi connectivity index (χ1v) is 6.44. The molecule has 0 saturated heterocycles. The fourth-order valence-corrected chi connectivity index (χ4v) is 1.97. The van der Waals surface area contributed by atoms with Gasteiger partial charge in [0.05, 0.1) is 16.1 Å². The zero-order valence-corrected chi connectivity index (χ0v) is 11.6. The summed E-state index contributed by atoms with van der Waals surface area (Å²) in [5.74, 6) is -2.06. The van der Waals surface area contributed by atoms with Gasteiger partial charge in [0.25, 0.3) is 0 Å². The second-order valence-electron chi connectivity index (χ2n) is 4.36. The summed E-state index contributed by atoms with van der Waals surface area (Å²) >= 11 is 5.79. The molecule has 0 unspecified atom stereocenters. The number of benzene rings is 2. The molecule has 2 rings (SSSR count). The van der Waals surface area contributed by atoms with E-state index in [0.717, 1.165) is 5.56 Å². The molecule has 0 radical (unpaired) electrons. The molecule has 0 aromatic heterocycles. The normalized spacial score (nSPS) is 10.1. The number of carbonyl (C=O) groups is 2. The Morgan fingerprint density at radius 1 is 1.00 bits per heavy atom. The van der Waals surface area contributed by atoms with Crippen molar-refractivity contribution in [2.24, 2.45) is 0 Å². The largest absolute Gasteiger partial charge is 0.478 e. The molecule has 0 fully saturated rings. The van der Waals surface area contributed by atoms with E-state index in [0.29, 0.717) is 12.2 Å². The summed E-state index contributed by atoms with van der Waals surface area (Å²) in [6, 6.07) is 11.1. The molecule has 0 aliphatic rings. The summed E-state index contributed by atoms with van der Waals surface area (Å²) in [5, 5.41) is 21.0. The minimum absolute atomic E-state index is 0.0305. The van der Waals surface area contributed by atoms with E-state index in [1.807, 2.05) is 0 Å². The first-order valence-electron chi connectivity index (χ1n) is 6.06. The minimum atomic E-state index is -1.09. The van der Waals surface area contributed by atoms with Crippen LogP contribution in [-0.2, 0) is 6.54 Å². The number of rotatable bonds is 5. The van der Waals surface area contributed by atoms with Gasteiger partial charge in [-0.3, -0.25) is 0 Å². The van der Waals surface area contributed by atoms with Crippen molar-refractivity contribution in [2.75, 3.05) is 5.32 Å². The fourth-order valence-electron chi connectivity index (χ4n) is 1.77. The molecule has 0 saturated carbocycles. The molecule has 5 nitrogen and oxygen atoms in total. The van der Waals surface area contributed by atoms with Crippen LogP contribution in [0.1, 0.15) is 26.3 Å². The van der Waals surface area contributed by atoms with Gasteiger partial charge in [0.15, 0.2) is 0 Å². The molecule has 0 bridgehead atoms. The number of nitrogens with one attached hydrogen (secondary N) is 1. The summed E-state index contributed by atoms with van der Waals surface area (Å²) in [5.41, 5.74) is 1.76. The highest BCUT2D eigenvalue weighted by Gasteiger charge is 2.09. The number of aromatic carboxylic acids is 2. The van der Waals surface area contributed by atoms with E-state index >= 15 is 0 Å². The smallest absolute Gasteiger partial charge is 0.337 e. The van der Waals surface area contributed by atoms with Crippen LogP contribution in [0.5, 0.6) is 0 Å². The molecule has 6 heteroatoms. The van der Waals surface area contributed by atoms with E-state index in [9.17, 15) is 9.59 Å². The number of carboxylic acid groups (broad SMARTS) is 2. The Hall–Kier alpha value is -2.53. The Morgan fingerprint density at radius 2 is 1.67 bits per heavy atom. The van der Waals surface area contributed by atoms with E-state index in [1.54, 1.807) is 18.2 Å². The molecular weight excluding hydrogens is 294 g/mol. The van der Waals surface area contributed by atoms with Gasteiger partial charge in [-0.2, -0.15) is 0 Å². The van der Waals surface area contributed by atoms with E-state index in [1.165, 1.54) is 24.3 Å². The third kappa shape index (κ3) is 3.73. The summed E-state index contributed by atoms with van der Waals surface area (Å²) in [7, 11) is 0. The van der Waals surface area contributed by atoms with Crippen LogP contribution in [0.3, 0.4) is 0 Å². The van der Waals surface area contributed by atoms with Gasteiger partial charge in [0.2, 0.25) is 0 Å². The van der Waals surface area contributed by atoms with Crippen LogP contribution >= 0.6 is 11.6 Å². The Kier molecular flexibility index (Phi) is 4.45. The summed E-state index contributed by atoms with van der Waals surface area (Å²) in [4.78, 5) is 21.7. The van der Waals surface area contributed by atoms with Gasteiger partial charge in [0.1, 0.15) is 0 Å². The molecule has 108 valence electrons. The molecule has 0 aliphatic carbocycles. The van der Waals surface area contributed by atoms with Gasteiger partial charge < -0.3 is 15.5 Å². The second-order valence-corrected chi connectivity index (χ2v) is 4.76. The summed E-state index contributed by atoms with van der Waals surface area (Å²) < 4.78 is 0. The number of hydrogen-bond donors (Lipinski definition) is 3. The molecule has 0 spiro atoms. The summed E-state index contributed by atoms with van der Waals surface area (Å²) in [6.45, 7) is 0.445. The fraction of sp³-hybridized carbons (Fsp3) is 0.0667. The Bertz CT molecular complexity index is 683. The molecule has 0 atom stereocenters. The third-order valence-electron chi connectivity index (χ3n) is 2.89. The van der Waals surface area contributed by atoms with Crippen LogP contribution in [0.4, 0.5) is 5.69 Å². The van der Waals surface area contributed by atoms with Crippen LogP contribution in [0.2, 0.25) is 5.02 Å². The lowest BCUT2D eigenvalue weighted by Gasteiger charge is -2.08. The molecule has 2 aromatic carbocycles. The highest BCUT2D eigenvalue weighted by molar-refractivity contribution is 6.33. The standard InChI is InChI=1S/C15H12ClNO4/c16-13-6-5-11(7-12(13)15(20)21)17-8-9-1-3-10(4-2-9)14(18)19/h1-7,17H,8H2,(H,18,19)(H,20,21). The molecular formula is C15H12ClNO4. The van der Waals surface area contributed by atoms with Crippen molar-refractivity contribution < 1.29 is 19.8 Å². The van der Waals surface area contributed by atoms with Crippen LogP contribution in [0, 0.1) is 0 Å². The zero-order chi connectivity index (χ0) is 15.4. The van der Waals surface area contributed by atoms with Gasteiger partial charge in [0, 0.05) is 12.2 Å². The SMILES string of the molecule is O=C(O)c1ccc(CNc2ccc(Cl)c(C(=O)O)c2)cc1. The maximum atomic E-state index is 11.0. The molecule has 21 heavy (non-hydrogen) atoms. The van der Waals surface area contributed by atoms with E-state index < -0.39 is 11.9 Å². The van der Waals surface area contributed by atoms with Crippen LogP contribution in [0.25, 0.3) is 0 Å². The molecule has 0 heterocycles. The van der Waals surface area contributed by atoms with Gasteiger partial charge >= 0.3 is 11.9 Å². The van der Waals surface area contributed by atoms with Gasteiger partial charge in [-0.05, 0) is 35.9 Å². The van der Waals surface area contributed by atoms with Crippen LogP contribution < -0.4 is 5.32 Å². The number of halogens is 1. The van der Waals surface area contributed by atoms with Crippen molar-refractivity contribution in [3.63, 3.8) is 0 Å². The van der Waals surface area contributed by atoms with Gasteiger partial charge in [-0.1, -0.05) is 23.7 Å². The average molecular weight is 306 g/mol. The van der Waals surface area contributed by atoms with Crippen molar-refractivity contribution in [3.8, 4) is 0 Å². The van der Waals surface area contributed by atoms with Crippen molar-refractivity contribution in [3.05, 3.63) is 64.2 Å². The quantitative estimate of drug-likeness (QED) is 0.788. The lowest BCUT2D eigenvalue weighted by molar-refractivity contribution is 0.0686. The van der Waals surface area contributed by atoms with E-state index in [4.69, 9.17) is 21.8 Å². The molecule has 3 N–H and O–H groups in total. The van der Waals surface area contributed by atoms with E-state index in [2.05, 4.69) is 5.32 Å². The first-order chi connectivity index (χ1) is 9.97. The monoisotopic (exact) mass is 305 g/mol. The van der Waals surface area contributed by atoms with Crippen molar-refractivity contribution in [1.82, 2.24) is 0 Å². The van der Waals surface area contributed by atoms with Gasteiger partial charge in [-0.25, -0.2) is 9.59 Å². The highest BCUT2D eigenvalue weighted by atomic mass is 35.5. The molecule has 0 aliphatic heterocycles. The number of anilines is 1. The first kappa shape index (κ1) is 14.9. The Balaban J connectivity index is 2.07. The number of carboxylic acids is 2. The lowest BCUT2D eigenvalue weighted by Crippen LogP contribution is -2.03. The van der Waals surface area contributed by atoms with Crippen LogP contribution in [0.15, 0.2) is 42.5 Å². The lowest BCUT2D eigenvalue weighted by atomic mass is 10.1. The summed E-state index contributed by atoms with van der Waals surface area (Å²) in [6.07, 6.45) is 0. The highest BCUT2D eigenvalue weighted by Crippen LogP contribution is 2.21. The second kappa shape index (κ2) is 6.28.